The van der Waals surface area contributed by atoms with Gasteiger partial charge in [0.2, 0.25) is 0 Å². The quantitative estimate of drug-likeness (QED) is 0.629. The van der Waals surface area contributed by atoms with E-state index in [0.717, 1.165) is 24.8 Å². The number of phenolic OH excluding ortho intramolecular Hbond substituents is 1. The molecule has 3 heteroatoms. The molecule has 0 radical (unpaired) electrons. The Labute approximate surface area is 101 Å². The van der Waals surface area contributed by atoms with Crippen LogP contribution in [0.5, 0.6) is 5.75 Å². The first-order valence-corrected chi connectivity index (χ1v) is 5.79. The highest BCUT2D eigenvalue weighted by molar-refractivity contribution is 5.92. The Morgan fingerprint density at radius 3 is 2.88 bits per heavy atom. The van der Waals surface area contributed by atoms with Gasteiger partial charge < -0.3 is 9.84 Å². The molecule has 0 aliphatic heterocycles. The van der Waals surface area contributed by atoms with E-state index in [1.54, 1.807) is 12.1 Å². The van der Waals surface area contributed by atoms with Crippen molar-refractivity contribution in [2.75, 3.05) is 7.11 Å². The molecule has 0 saturated heterocycles. The van der Waals surface area contributed by atoms with E-state index in [-0.39, 0.29) is 11.3 Å². The Kier molecular flexibility index (Phi) is 3.47. The van der Waals surface area contributed by atoms with Gasteiger partial charge in [0.15, 0.2) is 0 Å². The normalized spacial score (nSPS) is 19.0. The van der Waals surface area contributed by atoms with Crippen LogP contribution in [0.4, 0.5) is 0 Å². The first-order chi connectivity index (χ1) is 8.24. The molecule has 0 aromatic heterocycles. The summed E-state index contributed by atoms with van der Waals surface area (Å²) in [4.78, 5) is 11.5. The number of aromatic hydroxyl groups is 1. The van der Waals surface area contributed by atoms with Crippen LogP contribution < -0.4 is 0 Å². The van der Waals surface area contributed by atoms with E-state index in [1.807, 2.05) is 6.07 Å². The van der Waals surface area contributed by atoms with Crippen molar-refractivity contribution in [1.29, 1.82) is 0 Å². The van der Waals surface area contributed by atoms with Gasteiger partial charge in [0.05, 0.1) is 7.11 Å². The molecule has 1 unspecified atom stereocenters. The number of carbonyl (C=O) groups excluding carboxylic acids is 1. The topological polar surface area (TPSA) is 46.5 Å². The van der Waals surface area contributed by atoms with Crippen LogP contribution in [0.25, 0.3) is 0 Å². The summed E-state index contributed by atoms with van der Waals surface area (Å²) in [5.41, 5.74) is 1.09. The van der Waals surface area contributed by atoms with Crippen molar-refractivity contribution in [3.8, 4) is 5.75 Å². The summed E-state index contributed by atoms with van der Waals surface area (Å²) in [7, 11) is 1.32. The van der Waals surface area contributed by atoms with Crippen LogP contribution in [0.2, 0.25) is 0 Å². The number of para-hydroxylation sites is 1. The Morgan fingerprint density at radius 1 is 1.41 bits per heavy atom. The number of phenols is 1. The van der Waals surface area contributed by atoms with Crippen molar-refractivity contribution in [1.82, 2.24) is 0 Å². The lowest BCUT2D eigenvalue weighted by atomic mass is 9.86. The Hall–Kier alpha value is -1.77. The molecule has 1 aliphatic carbocycles. The van der Waals surface area contributed by atoms with Gasteiger partial charge in [0.1, 0.15) is 11.3 Å². The van der Waals surface area contributed by atoms with Crippen molar-refractivity contribution in [3.05, 3.63) is 41.5 Å². The van der Waals surface area contributed by atoms with Gasteiger partial charge in [-0.3, -0.25) is 0 Å². The molecule has 0 heterocycles. The Morgan fingerprint density at radius 2 is 2.24 bits per heavy atom. The van der Waals surface area contributed by atoms with E-state index in [1.165, 1.54) is 7.11 Å². The molecule has 3 nitrogen and oxygen atoms in total. The summed E-state index contributed by atoms with van der Waals surface area (Å²) < 4.78 is 4.65. The fraction of sp³-hybridized carbons (Fsp3) is 0.357. The zero-order valence-electron chi connectivity index (χ0n) is 9.85. The number of rotatable bonds is 2. The minimum Gasteiger partial charge on any atom is -0.507 e. The molecule has 1 aromatic rings. The zero-order valence-corrected chi connectivity index (χ0v) is 9.85. The number of methoxy groups -OCH3 is 1. The lowest BCUT2D eigenvalue weighted by molar-refractivity contribution is 0.0597. The van der Waals surface area contributed by atoms with E-state index in [4.69, 9.17) is 0 Å². The first kappa shape index (κ1) is 11.7. The molecule has 0 amide bonds. The van der Waals surface area contributed by atoms with Crippen molar-refractivity contribution in [3.63, 3.8) is 0 Å². The second-order valence-corrected chi connectivity index (χ2v) is 4.22. The summed E-state index contributed by atoms with van der Waals surface area (Å²) in [5.74, 6) is -0.125. The fourth-order valence-electron chi connectivity index (χ4n) is 2.24. The van der Waals surface area contributed by atoms with Crippen molar-refractivity contribution >= 4 is 5.97 Å². The molecule has 1 aliphatic rings. The lowest BCUT2D eigenvalue weighted by Gasteiger charge is -2.20. The maximum absolute atomic E-state index is 11.5. The molecule has 1 atom stereocenters. The van der Waals surface area contributed by atoms with E-state index in [0.29, 0.717) is 5.92 Å². The predicted molar refractivity (Wildman–Crippen MR) is 65.2 cm³/mol. The molecule has 0 fully saturated rings. The van der Waals surface area contributed by atoms with Crippen LogP contribution in [-0.4, -0.2) is 18.2 Å². The van der Waals surface area contributed by atoms with Gasteiger partial charge in [-0.1, -0.05) is 24.3 Å². The van der Waals surface area contributed by atoms with Gasteiger partial charge in [-0.25, -0.2) is 4.79 Å². The second-order valence-electron chi connectivity index (χ2n) is 4.22. The van der Waals surface area contributed by atoms with Gasteiger partial charge in [0, 0.05) is 0 Å². The van der Waals surface area contributed by atoms with E-state index >= 15 is 0 Å². The molecule has 1 N–H and O–H groups in total. The molecule has 90 valence electrons. The standard InChI is InChI=1S/C14H16O3/c1-17-14(16)12-9-5-8-11(13(12)15)10-6-3-2-4-7-10/h2-3,5,8-10,15H,4,6-7H2,1H3. The van der Waals surface area contributed by atoms with Crippen molar-refractivity contribution in [2.45, 2.75) is 25.2 Å². The molecule has 0 bridgehead atoms. The van der Waals surface area contributed by atoms with Crippen LogP contribution in [0.15, 0.2) is 30.4 Å². The third-order valence-corrected chi connectivity index (χ3v) is 3.18. The maximum atomic E-state index is 11.5. The first-order valence-electron chi connectivity index (χ1n) is 5.79. The number of carbonyl (C=O) groups is 1. The third-order valence-electron chi connectivity index (χ3n) is 3.18. The highest BCUT2D eigenvalue weighted by atomic mass is 16.5. The van der Waals surface area contributed by atoms with Crippen LogP contribution in [0.1, 0.15) is 41.1 Å². The van der Waals surface area contributed by atoms with Crippen LogP contribution in [0.3, 0.4) is 0 Å². The molecule has 0 spiro atoms. The summed E-state index contributed by atoms with van der Waals surface area (Å²) >= 11 is 0. The molecule has 0 saturated carbocycles. The van der Waals surface area contributed by atoms with E-state index < -0.39 is 5.97 Å². The number of esters is 1. The monoisotopic (exact) mass is 232 g/mol. The Bertz CT molecular complexity index is 449. The van der Waals surface area contributed by atoms with Gasteiger partial charge in [0.25, 0.3) is 0 Å². The summed E-state index contributed by atoms with van der Waals surface area (Å²) in [6, 6.07) is 5.26. The number of hydrogen-bond donors (Lipinski definition) is 1. The third kappa shape index (κ3) is 2.33. The zero-order chi connectivity index (χ0) is 12.3. The number of allylic oxidation sites excluding steroid dienone is 2. The highest BCUT2D eigenvalue weighted by Crippen LogP contribution is 2.36. The van der Waals surface area contributed by atoms with Crippen LogP contribution >= 0.6 is 0 Å². The van der Waals surface area contributed by atoms with E-state index in [2.05, 4.69) is 16.9 Å². The minimum absolute atomic E-state index is 0.0691. The molecule has 2 rings (SSSR count). The number of ether oxygens (including phenoxy) is 1. The number of benzene rings is 1. The van der Waals surface area contributed by atoms with Gasteiger partial charge >= 0.3 is 5.97 Å². The van der Waals surface area contributed by atoms with Crippen LogP contribution in [0, 0.1) is 0 Å². The Balaban J connectivity index is 2.35. The van der Waals surface area contributed by atoms with Crippen molar-refractivity contribution in [2.24, 2.45) is 0 Å². The molecule has 17 heavy (non-hydrogen) atoms. The van der Waals surface area contributed by atoms with Gasteiger partial charge in [-0.05, 0) is 36.8 Å². The largest absolute Gasteiger partial charge is 0.507 e. The summed E-state index contributed by atoms with van der Waals surface area (Å²) in [6.45, 7) is 0. The highest BCUT2D eigenvalue weighted by Gasteiger charge is 2.20. The SMILES string of the molecule is COC(=O)c1cccc(C2CC=CCC2)c1O. The minimum atomic E-state index is -0.490. The maximum Gasteiger partial charge on any atom is 0.341 e. The fourth-order valence-corrected chi connectivity index (χ4v) is 2.24. The smallest absolute Gasteiger partial charge is 0.341 e. The average Bonchev–Trinajstić information content (AvgIpc) is 2.39. The van der Waals surface area contributed by atoms with Crippen molar-refractivity contribution < 1.29 is 14.6 Å². The number of hydrogen-bond acceptors (Lipinski definition) is 3. The molecular weight excluding hydrogens is 216 g/mol. The average molecular weight is 232 g/mol. The van der Waals surface area contributed by atoms with E-state index in [9.17, 15) is 9.90 Å². The van der Waals surface area contributed by atoms with Gasteiger partial charge in [-0.15, -0.1) is 0 Å². The lowest BCUT2D eigenvalue weighted by Crippen LogP contribution is -2.06. The molecular formula is C14H16O3. The molecule has 1 aromatic carbocycles. The predicted octanol–water partition coefficient (Wildman–Crippen LogP) is 3.00. The van der Waals surface area contributed by atoms with Crippen LogP contribution in [-0.2, 0) is 4.74 Å². The summed E-state index contributed by atoms with van der Waals surface area (Å²) in [6.07, 6.45) is 7.22. The van der Waals surface area contributed by atoms with Gasteiger partial charge in [-0.2, -0.15) is 0 Å². The summed E-state index contributed by atoms with van der Waals surface area (Å²) in [5, 5.41) is 10.1. The second kappa shape index (κ2) is 5.04.